The van der Waals surface area contributed by atoms with Gasteiger partial charge in [-0.1, -0.05) is 19.9 Å². The van der Waals surface area contributed by atoms with Gasteiger partial charge >= 0.3 is 0 Å². The van der Waals surface area contributed by atoms with E-state index < -0.39 is 0 Å². The Labute approximate surface area is 103 Å². The van der Waals surface area contributed by atoms with E-state index in [1.54, 1.807) is 7.11 Å². The second-order valence-electron chi connectivity index (χ2n) is 6.17. The lowest BCUT2D eigenvalue weighted by Gasteiger charge is -2.28. The van der Waals surface area contributed by atoms with Gasteiger partial charge in [0.15, 0.2) is 0 Å². The number of hydrogen-bond donors (Lipinski definition) is 1. The van der Waals surface area contributed by atoms with Crippen LogP contribution in [0.3, 0.4) is 0 Å². The van der Waals surface area contributed by atoms with Crippen molar-refractivity contribution in [2.75, 3.05) is 7.11 Å². The van der Waals surface area contributed by atoms with Gasteiger partial charge < -0.3 is 10.5 Å². The third-order valence-electron chi connectivity index (χ3n) is 5.33. The highest BCUT2D eigenvalue weighted by atomic mass is 16.5. The first-order chi connectivity index (χ1) is 8.01. The first-order valence-electron chi connectivity index (χ1n) is 6.43. The van der Waals surface area contributed by atoms with Crippen LogP contribution in [0.4, 0.5) is 0 Å². The molecule has 0 amide bonds. The Bertz CT molecular complexity index is 466. The van der Waals surface area contributed by atoms with Crippen molar-refractivity contribution < 1.29 is 4.74 Å². The Hall–Kier alpha value is -1.02. The fourth-order valence-electron chi connectivity index (χ4n) is 3.73. The molecule has 92 valence electrons. The second kappa shape index (κ2) is 3.26. The maximum atomic E-state index is 6.31. The number of nitrogens with two attached hydrogens (primary N) is 1. The molecule has 2 N–H and O–H groups in total. The van der Waals surface area contributed by atoms with Crippen LogP contribution in [-0.4, -0.2) is 13.2 Å². The number of ether oxygens (including phenoxy) is 1. The molecule has 1 aromatic rings. The van der Waals surface area contributed by atoms with E-state index in [2.05, 4.69) is 32.0 Å². The summed E-state index contributed by atoms with van der Waals surface area (Å²) in [7, 11) is 1.73. The van der Waals surface area contributed by atoms with Crippen LogP contribution in [0.1, 0.15) is 31.4 Å². The van der Waals surface area contributed by atoms with Gasteiger partial charge in [-0.3, -0.25) is 0 Å². The number of benzene rings is 1. The van der Waals surface area contributed by atoms with E-state index >= 15 is 0 Å². The molecular weight excluding hydrogens is 210 g/mol. The average molecular weight is 231 g/mol. The molecule has 2 aliphatic rings. The summed E-state index contributed by atoms with van der Waals surface area (Å²) in [5.41, 5.74) is 9.86. The molecule has 3 rings (SSSR count). The number of fused-ring (bicyclic) bond motifs is 1. The van der Waals surface area contributed by atoms with Crippen molar-refractivity contribution in [1.82, 2.24) is 0 Å². The van der Waals surface area contributed by atoms with Crippen LogP contribution in [0.2, 0.25) is 0 Å². The van der Waals surface area contributed by atoms with Gasteiger partial charge in [-0.25, -0.2) is 0 Å². The quantitative estimate of drug-likeness (QED) is 0.806. The third kappa shape index (κ3) is 1.30. The summed E-state index contributed by atoms with van der Waals surface area (Å²) in [6.07, 6.45) is 3.52. The van der Waals surface area contributed by atoms with Gasteiger partial charge in [0.1, 0.15) is 5.75 Å². The summed E-state index contributed by atoms with van der Waals surface area (Å²) in [5, 5.41) is 0. The molecule has 0 radical (unpaired) electrons. The van der Waals surface area contributed by atoms with Crippen molar-refractivity contribution in [3.8, 4) is 5.75 Å². The largest absolute Gasteiger partial charge is 0.497 e. The van der Waals surface area contributed by atoms with Gasteiger partial charge in [0.05, 0.1) is 7.11 Å². The van der Waals surface area contributed by atoms with Crippen LogP contribution in [0.25, 0.3) is 0 Å². The Morgan fingerprint density at radius 1 is 1.29 bits per heavy atom. The van der Waals surface area contributed by atoms with Crippen molar-refractivity contribution in [3.63, 3.8) is 0 Å². The lowest BCUT2D eigenvalue weighted by Crippen LogP contribution is -2.23. The van der Waals surface area contributed by atoms with Crippen molar-refractivity contribution in [3.05, 3.63) is 29.3 Å². The molecule has 2 nitrogen and oxygen atoms in total. The number of aryl methyl sites for hydroxylation is 1. The van der Waals surface area contributed by atoms with Gasteiger partial charge in [-0.15, -0.1) is 0 Å². The van der Waals surface area contributed by atoms with Gasteiger partial charge in [0, 0.05) is 6.04 Å². The number of rotatable bonds is 1. The van der Waals surface area contributed by atoms with Crippen molar-refractivity contribution in [2.45, 2.75) is 39.2 Å². The topological polar surface area (TPSA) is 35.2 Å². The lowest BCUT2D eigenvalue weighted by molar-refractivity contribution is 0.334. The van der Waals surface area contributed by atoms with Crippen LogP contribution in [-0.2, 0) is 12.8 Å². The zero-order chi connectivity index (χ0) is 12.3. The van der Waals surface area contributed by atoms with E-state index in [1.807, 2.05) is 0 Å². The maximum Gasteiger partial charge on any atom is 0.119 e. The van der Waals surface area contributed by atoms with E-state index in [0.717, 1.165) is 18.6 Å². The minimum absolute atomic E-state index is 0.299. The average Bonchev–Trinajstić information content (AvgIpc) is 2.73. The molecule has 0 heterocycles. The third-order valence-corrected chi connectivity index (χ3v) is 5.33. The minimum Gasteiger partial charge on any atom is -0.497 e. The summed E-state index contributed by atoms with van der Waals surface area (Å²) in [6.45, 7) is 4.62. The fourth-order valence-corrected chi connectivity index (χ4v) is 3.73. The highest BCUT2D eigenvalue weighted by molar-refractivity contribution is 5.41. The van der Waals surface area contributed by atoms with Gasteiger partial charge in [-0.05, 0) is 53.4 Å². The Morgan fingerprint density at radius 2 is 2.00 bits per heavy atom. The molecule has 1 aromatic carbocycles. The summed E-state index contributed by atoms with van der Waals surface area (Å²) >= 11 is 0. The summed E-state index contributed by atoms with van der Waals surface area (Å²) in [6, 6.07) is 6.82. The molecule has 2 aliphatic carbocycles. The summed E-state index contributed by atoms with van der Waals surface area (Å²) in [4.78, 5) is 0. The zero-order valence-corrected chi connectivity index (χ0v) is 10.9. The highest BCUT2D eigenvalue weighted by Gasteiger charge is 2.68. The smallest absolute Gasteiger partial charge is 0.119 e. The Kier molecular flexibility index (Phi) is 2.13. The van der Waals surface area contributed by atoms with E-state index in [4.69, 9.17) is 10.5 Å². The molecule has 2 unspecified atom stereocenters. The Balaban J connectivity index is 1.96. The van der Waals surface area contributed by atoms with Crippen LogP contribution in [0.15, 0.2) is 18.2 Å². The minimum atomic E-state index is 0.299. The normalized spacial score (nSPS) is 33.3. The first kappa shape index (κ1) is 11.1. The van der Waals surface area contributed by atoms with E-state index in [1.165, 1.54) is 17.5 Å². The van der Waals surface area contributed by atoms with Gasteiger partial charge in [-0.2, -0.15) is 0 Å². The first-order valence-corrected chi connectivity index (χ1v) is 6.43. The van der Waals surface area contributed by atoms with Crippen molar-refractivity contribution >= 4 is 0 Å². The van der Waals surface area contributed by atoms with Crippen LogP contribution in [0, 0.1) is 10.8 Å². The van der Waals surface area contributed by atoms with Gasteiger partial charge in [0.25, 0.3) is 0 Å². The number of methoxy groups -OCH3 is 1. The zero-order valence-electron chi connectivity index (χ0n) is 10.9. The maximum absolute atomic E-state index is 6.31. The predicted octanol–water partition coefficient (Wildman–Crippen LogP) is 2.54. The van der Waals surface area contributed by atoms with Crippen LogP contribution < -0.4 is 10.5 Å². The van der Waals surface area contributed by atoms with Crippen LogP contribution in [0.5, 0.6) is 5.75 Å². The molecule has 1 fully saturated rings. The summed E-state index contributed by atoms with van der Waals surface area (Å²) in [5.74, 6) is 0.966. The number of hydrogen-bond acceptors (Lipinski definition) is 2. The SMILES string of the molecule is COc1ccc2c(c1)CC1(CC2)C(N)C1(C)C. The standard InChI is InChI=1S/C15H21NO/c1-14(2)13(16)15(14)7-6-10-4-5-12(17-3)8-11(10)9-15/h4-5,8,13H,6-7,9,16H2,1-3H3. The van der Waals surface area contributed by atoms with Crippen molar-refractivity contribution in [2.24, 2.45) is 16.6 Å². The lowest BCUT2D eigenvalue weighted by atomic mass is 9.77. The van der Waals surface area contributed by atoms with Crippen LogP contribution >= 0.6 is 0 Å². The molecule has 2 atom stereocenters. The second-order valence-corrected chi connectivity index (χ2v) is 6.17. The van der Waals surface area contributed by atoms with E-state index in [9.17, 15) is 0 Å². The molecular formula is C15H21NO. The van der Waals surface area contributed by atoms with Gasteiger partial charge in [0.2, 0.25) is 0 Å². The summed E-state index contributed by atoms with van der Waals surface area (Å²) < 4.78 is 5.32. The molecule has 1 saturated carbocycles. The van der Waals surface area contributed by atoms with E-state index in [0.29, 0.717) is 16.9 Å². The Morgan fingerprint density at radius 3 is 2.59 bits per heavy atom. The predicted molar refractivity (Wildman–Crippen MR) is 69.2 cm³/mol. The molecule has 1 spiro atoms. The molecule has 0 aliphatic heterocycles. The molecule has 0 aromatic heterocycles. The molecule has 0 saturated heterocycles. The molecule has 17 heavy (non-hydrogen) atoms. The molecule has 2 heteroatoms. The highest BCUT2D eigenvalue weighted by Crippen LogP contribution is 2.67. The fraction of sp³-hybridized carbons (Fsp3) is 0.600. The molecule has 0 bridgehead atoms. The van der Waals surface area contributed by atoms with E-state index in [-0.39, 0.29) is 0 Å². The monoisotopic (exact) mass is 231 g/mol. The van der Waals surface area contributed by atoms with Crippen molar-refractivity contribution in [1.29, 1.82) is 0 Å².